The molecular formula is C45H25N5. The van der Waals surface area contributed by atoms with Crippen LogP contribution in [-0.2, 0) is 0 Å². The Balaban J connectivity index is 1.15. The number of fused-ring (bicyclic) bond motifs is 6. The SMILES string of the molecule is [C-]#[N+]c1ccc(-c2ccc(-c3ccc(-n4c5ccccc5c5cc(C#N)ccc54)cc3C#N)cc2)c(-n2c3ccccc3c3ccccc32)c1. The van der Waals surface area contributed by atoms with E-state index in [0.29, 0.717) is 16.8 Å². The van der Waals surface area contributed by atoms with Crippen molar-refractivity contribution < 1.29 is 0 Å². The van der Waals surface area contributed by atoms with E-state index in [1.165, 1.54) is 0 Å². The molecule has 50 heavy (non-hydrogen) atoms. The maximum Gasteiger partial charge on any atom is 0.189 e. The molecule has 0 aliphatic heterocycles. The van der Waals surface area contributed by atoms with E-state index >= 15 is 0 Å². The summed E-state index contributed by atoms with van der Waals surface area (Å²) in [7, 11) is 0. The number of hydrogen-bond donors (Lipinski definition) is 0. The van der Waals surface area contributed by atoms with Gasteiger partial charge in [-0.25, -0.2) is 4.85 Å². The van der Waals surface area contributed by atoms with Crippen LogP contribution < -0.4 is 0 Å². The Bertz CT molecular complexity index is 2900. The topological polar surface area (TPSA) is 61.8 Å². The quantitative estimate of drug-likeness (QED) is 0.181. The lowest BCUT2D eigenvalue weighted by molar-refractivity contribution is 1.18. The van der Waals surface area contributed by atoms with E-state index in [9.17, 15) is 10.5 Å². The molecule has 5 nitrogen and oxygen atoms in total. The monoisotopic (exact) mass is 635 g/mol. The molecule has 0 bridgehead atoms. The van der Waals surface area contributed by atoms with E-state index in [1.807, 2.05) is 60.7 Å². The Morgan fingerprint density at radius 2 is 1.04 bits per heavy atom. The van der Waals surface area contributed by atoms with Gasteiger partial charge in [-0.15, -0.1) is 0 Å². The lowest BCUT2D eigenvalue weighted by atomic mass is 9.96. The van der Waals surface area contributed by atoms with Gasteiger partial charge in [-0.1, -0.05) is 97.1 Å². The van der Waals surface area contributed by atoms with Crippen molar-refractivity contribution >= 4 is 49.3 Å². The average molecular weight is 636 g/mol. The number of nitriles is 2. The molecule has 0 unspecified atom stereocenters. The minimum Gasteiger partial charge on any atom is -0.310 e. The smallest absolute Gasteiger partial charge is 0.189 e. The average Bonchev–Trinajstić information content (AvgIpc) is 3.70. The van der Waals surface area contributed by atoms with E-state index in [4.69, 9.17) is 6.57 Å². The van der Waals surface area contributed by atoms with Gasteiger partial charge < -0.3 is 9.13 Å². The number of hydrogen-bond acceptors (Lipinski definition) is 2. The molecule has 0 aliphatic carbocycles. The molecule has 0 aliphatic rings. The summed E-state index contributed by atoms with van der Waals surface area (Å²) in [5.74, 6) is 0. The van der Waals surface area contributed by atoms with Crippen LogP contribution in [0.25, 0.3) is 82.1 Å². The summed E-state index contributed by atoms with van der Waals surface area (Å²) >= 11 is 0. The number of benzene rings is 7. The summed E-state index contributed by atoms with van der Waals surface area (Å²) in [6, 6.07) is 55.5. The molecule has 0 atom stereocenters. The van der Waals surface area contributed by atoms with Crippen LogP contribution in [0.1, 0.15) is 11.1 Å². The third-order valence-electron chi connectivity index (χ3n) is 9.62. The van der Waals surface area contributed by atoms with Crippen LogP contribution in [0, 0.1) is 29.2 Å². The number of nitrogens with zero attached hydrogens (tertiary/aromatic N) is 5. The summed E-state index contributed by atoms with van der Waals surface area (Å²) in [6.45, 7) is 7.76. The molecule has 0 N–H and O–H groups in total. The highest BCUT2D eigenvalue weighted by atomic mass is 15.0. The zero-order valence-electron chi connectivity index (χ0n) is 26.7. The molecule has 0 radical (unpaired) electrons. The van der Waals surface area contributed by atoms with E-state index in [0.717, 1.165) is 77.2 Å². The fraction of sp³-hybridized carbons (Fsp3) is 0. The Morgan fingerprint density at radius 1 is 0.480 bits per heavy atom. The second-order valence-electron chi connectivity index (χ2n) is 12.3. The summed E-state index contributed by atoms with van der Waals surface area (Å²) in [5, 5.41) is 24.3. The molecule has 5 heteroatoms. The molecule has 2 aromatic heterocycles. The summed E-state index contributed by atoms with van der Waals surface area (Å²) in [4.78, 5) is 3.77. The first kappa shape index (κ1) is 28.8. The molecule has 9 aromatic rings. The van der Waals surface area contributed by atoms with E-state index in [2.05, 4.69) is 117 Å². The predicted molar refractivity (Wildman–Crippen MR) is 202 cm³/mol. The van der Waals surface area contributed by atoms with Gasteiger partial charge in [0.25, 0.3) is 0 Å². The van der Waals surface area contributed by atoms with Crippen LogP contribution in [0.5, 0.6) is 0 Å². The van der Waals surface area contributed by atoms with Crippen LogP contribution in [0.2, 0.25) is 0 Å². The zero-order valence-corrected chi connectivity index (χ0v) is 26.7. The van der Waals surface area contributed by atoms with Gasteiger partial charge in [0.05, 0.1) is 51.9 Å². The maximum absolute atomic E-state index is 10.4. The number of aromatic nitrogens is 2. The summed E-state index contributed by atoms with van der Waals surface area (Å²) in [5.41, 5.74) is 11.6. The predicted octanol–water partition coefficient (Wildman–Crippen LogP) is 11.5. The van der Waals surface area contributed by atoms with Gasteiger partial charge in [-0.3, -0.25) is 0 Å². The lowest BCUT2D eigenvalue weighted by Crippen LogP contribution is -1.97. The summed E-state index contributed by atoms with van der Waals surface area (Å²) in [6.07, 6.45) is 0. The standard InChI is InChI=1S/C45H25N5/c1-48-33-19-21-36(45(26-33)50-42-12-6-2-8-37(42)38-9-3-7-13-43(38)50)31-17-15-30(16-18-31)35-22-20-34(25-32(35)28-47)49-41-11-5-4-10-39(41)40-24-29(27-46)14-23-44(40)49/h2-26H. The molecule has 9 rings (SSSR count). The first-order valence-corrected chi connectivity index (χ1v) is 16.3. The highest BCUT2D eigenvalue weighted by Gasteiger charge is 2.18. The lowest BCUT2D eigenvalue weighted by Gasteiger charge is -2.16. The van der Waals surface area contributed by atoms with Crippen molar-refractivity contribution in [3.05, 3.63) is 174 Å². The van der Waals surface area contributed by atoms with Crippen molar-refractivity contribution in [2.24, 2.45) is 0 Å². The fourth-order valence-electron chi connectivity index (χ4n) is 7.37. The molecule has 7 aromatic carbocycles. The van der Waals surface area contributed by atoms with Gasteiger partial charge in [-0.2, -0.15) is 10.5 Å². The third kappa shape index (κ3) is 4.38. The minimum atomic E-state index is 0.571. The maximum atomic E-state index is 10.4. The Labute approximate surface area is 288 Å². The Hall–Kier alpha value is -7.39. The first-order valence-electron chi connectivity index (χ1n) is 16.3. The number of rotatable bonds is 4. The van der Waals surface area contributed by atoms with Gasteiger partial charge in [0, 0.05) is 38.5 Å². The van der Waals surface area contributed by atoms with Crippen LogP contribution >= 0.6 is 0 Å². The normalized spacial score (nSPS) is 11.1. The third-order valence-corrected chi connectivity index (χ3v) is 9.62. The van der Waals surface area contributed by atoms with Crippen molar-refractivity contribution in [1.29, 1.82) is 10.5 Å². The van der Waals surface area contributed by atoms with Crippen molar-refractivity contribution in [3.63, 3.8) is 0 Å². The second kappa shape index (κ2) is 11.4. The molecule has 0 saturated carbocycles. The van der Waals surface area contributed by atoms with Crippen LogP contribution in [0.4, 0.5) is 5.69 Å². The van der Waals surface area contributed by atoms with Crippen LogP contribution in [0.15, 0.2) is 152 Å². The highest BCUT2D eigenvalue weighted by Crippen LogP contribution is 2.39. The second-order valence-corrected chi connectivity index (χ2v) is 12.3. The van der Waals surface area contributed by atoms with E-state index < -0.39 is 0 Å². The molecule has 0 saturated heterocycles. The molecule has 0 amide bonds. The largest absolute Gasteiger partial charge is 0.310 e. The summed E-state index contributed by atoms with van der Waals surface area (Å²) < 4.78 is 4.41. The van der Waals surface area contributed by atoms with Gasteiger partial charge >= 0.3 is 0 Å². The van der Waals surface area contributed by atoms with Crippen LogP contribution in [-0.4, -0.2) is 9.13 Å². The fourth-order valence-corrected chi connectivity index (χ4v) is 7.37. The Kier molecular flexibility index (Phi) is 6.56. The van der Waals surface area contributed by atoms with Crippen molar-refractivity contribution in [1.82, 2.24) is 9.13 Å². The van der Waals surface area contributed by atoms with Crippen molar-refractivity contribution in [2.75, 3.05) is 0 Å². The van der Waals surface area contributed by atoms with Crippen LogP contribution in [0.3, 0.4) is 0 Å². The molecule has 0 fully saturated rings. The van der Waals surface area contributed by atoms with E-state index in [-0.39, 0.29) is 0 Å². The molecule has 0 spiro atoms. The first-order chi connectivity index (χ1) is 24.7. The zero-order chi connectivity index (χ0) is 33.8. The minimum absolute atomic E-state index is 0.571. The van der Waals surface area contributed by atoms with Gasteiger partial charge in [0.15, 0.2) is 5.69 Å². The Morgan fingerprint density at radius 3 is 1.66 bits per heavy atom. The highest BCUT2D eigenvalue weighted by molar-refractivity contribution is 6.11. The van der Waals surface area contributed by atoms with Gasteiger partial charge in [0.1, 0.15) is 0 Å². The molecule has 2 heterocycles. The van der Waals surface area contributed by atoms with Gasteiger partial charge in [-0.05, 0) is 71.3 Å². The number of para-hydroxylation sites is 3. The van der Waals surface area contributed by atoms with Gasteiger partial charge in [0.2, 0.25) is 0 Å². The molecular weight excluding hydrogens is 611 g/mol. The van der Waals surface area contributed by atoms with E-state index in [1.54, 1.807) is 0 Å². The van der Waals surface area contributed by atoms with Crippen molar-refractivity contribution in [2.45, 2.75) is 0 Å². The molecule has 230 valence electrons. The van der Waals surface area contributed by atoms with Crippen molar-refractivity contribution in [3.8, 4) is 45.8 Å².